The van der Waals surface area contributed by atoms with Gasteiger partial charge in [-0.05, 0) is 24.3 Å². The molecule has 0 radical (unpaired) electrons. The van der Waals surface area contributed by atoms with Crippen molar-refractivity contribution in [2.24, 2.45) is 11.1 Å². The number of carbonyl (C=O) groups excluding carboxylic acids is 1. The molecule has 6 nitrogen and oxygen atoms in total. The summed E-state index contributed by atoms with van der Waals surface area (Å²) in [4.78, 5) is 25.3. The van der Waals surface area contributed by atoms with E-state index in [0.29, 0.717) is 0 Å². The fourth-order valence-electron chi connectivity index (χ4n) is 1.86. The van der Waals surface area contributed by atoms with Gasteiger partial charge in [-0.15, -0.1) is 0 Å². The van der Waals surface area contributed by atoms with Crippen LogP contribution in [0.25, 0.3) is 0 Å². The van der Waals surface area contributed by atoms with Crippen molar-refractivity contribution in [3.05, 3.63) is 16.4 Å². The highest BCUT2D eigenvalue weighted by Crippen LogP contribution is 2.36. The Bertz CT molecular complexity index is 433. The number of carbonyl (C=O) groups is 1. The first-order chi connectivity index (χ1) is 7.68. The highest BCUT2D eigenvalue weighted by Gasteiger charge is 2.40. The number of nitrogens with one attached hydrogen (secondary N) is 1. The molecule has 16 heavy (non-hydrogen) atoms. The number of rotatable bonds is 3. The second-order valence-corrected chi connectivity index (χ2v) is 5.09. The monoisotopic (exact) mass is 243 g/mol. The van der Waals surface area contributed by atoms with E-state index in [2.05, 4.69) is 14.7 Å². The number of aromatic amines is 1. The van der Waals surface area contributed by atoms with Gasteiger partial charge < -0.3 is 5.73 Å². The molecule has 2 heterocycles. The van der Waals surface area contributed by atoms with Crippen molar-refractivity contribution in [3.8, 4) is 0 Å². The van der Waals surface area contributed by atoms with Crippen LogP contribution in [0.1, 0.15) is 23.5 Å². The van der Waals surface area contributed by atoms with Crippen LogP contribution in [-0.2, 0) is 0 Å². The lowest BCUT2D eigenvalue weighted by Crippen LogP contribution is -2.42. The van der Waals surface area contributed by atoms with Crippen molar-refractivity contribution < 1.29 is 9.32 Å². The maximum absolute atomic E-state index is 12.2. The van der Waals surface area contributed by atoms with E-state index in [1.54, 1.807) is 11.8 Å². The minimum Gasteiger partial charge on any atom is -0.329 e. The van der Waals surface area contributed by atoms with Crippen molar-refractivity contribution >= 4 is 17.5 Å². The van der Waals surface area contributed by atoms with E-state index >= 15 is 0 Å². The summed E-state index contributed by atoms with van der Waals surface area (Å²) in [6, 6.07) is 0. The molecule has 0 aromatic carbocycles. The molecule has 1 saturated heterocycles. The number of hydrogen-bond donors (Lipinski definition) is 2. The van der Waals surface area contributed by atoms with E-state index in [9.17, 15) is 9.59 Å². The van der Waals surface area contributed by atoms with Gasteiger partial charge in [0.05, 0.1) is 5.41 Å². The van der Waals surface area contributed by atoms with Crippen LogP contribution >= 0.6 is 11.8 Å². The average molecular weight is 243 g/mol. The zero-order chi connectivity index (χ0) is 11.6. The van der Waals surface area contributed by atoms with Gasteiger partial charge in [-0.2, -0.15) is 11.8 Å². The first-order valence-corrected chi connectivity index (χ1v) is 6.22. The van der Waals surface area contributed by atoms with Crippen molar-refractivity contribution in [1.82, 2.24) is 10.1 Å². The number of aromatic nitrogens is 2. The third-order valence-electron chi connectivity index (χ3n) is 2.98. The van der Waals surface area contributed by atoms with E-state index in [1.807, 2.05) is 0 Å². The second-order valence-electron chi connectivity index (χ2n) is 3.87. The predicted molar refractivity (Wildman–Crippen MR) is 59.5 cm³/mol. The first kappa shape index (κ1) is 11.4. The fourth-order valence-corrected chi connectivity index (χ4v) is 3.14. The molecule has 1 aliphatic rings. The maximum Gasteiger partial charge on any atom is 0.439 e. The molecule has 1 fully saturated rings. The van der Waals surface area contributed by atoms with Crippen molar-refractivity contribution in [3.63, 3.8) is 0 Å². The summed E-state index contributed by atoms with van der Waals surface area (Å²) in [5, 5.41) is 3.43. The molecule has 1 aromatic heterocycles. The summed E-state index contributed by atoms with van der Waals surface area (Å²) in [6.45, 7) is 0.279. The molecule has 0 saturated carbocycles. The van der Waals surface area contributed by atoms with E-state index in [0.717, 1.165) is 24.3 Å². The molecular weight excluding hydrogens is 230 g/mol. The number of Topliss-reactive ketones (excluding diaryl/α,β-unsaturated/α-hetero) is 1. The van der Waals surface area contributed by atoms with Crippen LogP contribution in [0.4, 0.5) is 0 Å². The van der Waals surface area contributed by atoms with Crippen molar-refractivity contribution in [1.29, 1.82) is 0 Å². The van der Waals surface area contributed by atoms with Gasteiger partial charge in [0.25, 0.3) is 0 Å². The quantitative estimate of drug-likeness (QED) is 0.725. The molecule has 0 spiro atoms. The number of thioether (sulfide) groups is 1. The Balaban J connectivity index is 2.27. The number of nitrogens with two attached hydrogens (primary N) is 1. The largest absolute Gasteiger partial charge is 0.439 e. The molecule has 3 N–H and O–H groups in total. The molecular formula is C9H13N3O3S. The highest BCUT2D eigenvalue weighted by molar-refractivity contribution is 7.99. The van der Waals surface area contributed by atoms with Crippen LogP contribution in [0.3, 0.4) is 0 Å². The summed E-state index contributed by atoms with van der Waals surface area (Å²) in [5.41, 5.74) is 5.12. The van der Waals surface area contributed by atoms with Gasteiger partial charge in [0, 0.05) is 6.54 Å². The zero-order valence-corrected chi connectivity index (χ0v) is 9.51. The molecule has 0 aliphatic carbocycles. The average Bonchev–Trinajstić information content (AvgIpc) is 2.76. The standard InChI is InChI=1S/C9H13N3O3S/c10-5-9(1-3-16-4-2-9)6(13)7-11-8(14)15-12-7/h1-5,10H2,(H,11,12,14). The SMILES string of the molecule is NCC1(C(=O)c2noc(=O)[nH]2)CCSCC1. The minimum absolute atomic E-state index is 0.0117. The number of H-pyrrole nitrogens is 1. The maximum atomic E-state index is 12.2. The van der Waals surface area contributed by atoms with Crippen LogP contribution in [-0.4, -0.2) is 34.0 Å². The molecule has 0 bridgehead atoms. The van der Waals surface area contributed by atoms with Crippen LogP contribution in [0, 0.1) is 5.41 Å². The summed E-state index contributed by atoms with van der Waals surface area (Å²) in [7, 11) is 0. The lowest BCUT2D eigenvalue weighted by molar-refractivity contribution is 0.0771. The first-order valence-electron chi connectivity index (χ1n) is 5.06. The molecule has 7 heteroatoms. The molecule has 0 amide bonds. The topological polar surface area (TPSA) is 102 Å². The normalized spacial score (nSPS) is 19.6. The van der Waals surface area contributed by atoms with Gasteiger partial charge in [0.15, 0.2) is 0 Å². The summed E-state index contributed by atoms with van der Waals surface area (Å²) in [5.74, 6) is 0.889. The molecule has 0 unspecified atom stereocenters. The van der Waals surface area contributed by atoms with Crippen molar-refractivity contribution in [2.75, 3.05) is 18.1 Å². The Morgan fingerprint density at radius 3 is 2.75 bits per heavy atom. The molecule has 1 aliphatic heterocycles. The highest BCUT2D eigenvalue weighted by atomic mass is 32.2. The third-order valence-corrected chi connectivity index (χ3v) is 3.96. The Morgan fingerprint density at radius 1 is 1.56 bits per heavy atom. The fraction of sp³-hybridized carbons (Fsp3) is 0.667. The second kappa shape index (κ2) is 4.42. The van der Waals surface area contributed by atoms with Crippen LogP contribution in [0.15, 0.2) is 9.32 Å². The smallest absolute Gasteiger partial charge is 0.329 e. The lowest BCUT2D eigenvalue weighted by atomic mass is 9.77. The molecule has 88 valence electrons. The molecule has 1 aromatic rings. The van der Waals surface area contributed by atoms with Gasteiger partial charge in [-0.25, -0.2) is 4.79 Å². The van der Waals surface area contributed by atoms with Crippen molar-refractivity contribution in [2.45, 2.75) is 12.8 Å². The Hall–Kier alpha value is -1.08. The van der Waals surface area contributed by atoms with Gasteiger partial charge in [0.2, 0.25) is 11.6 Å². The van der Waals surface area contributed by atoms with E-state index in [1.165, 1.54) is 0 Å². The van der Waals surface area contributed by atoms with E-state index < -0.39 is 11.2 Å². The Labute approximate surface area is 96.0 Å². The number of hydrogen-bond acceptors (Lipinski definition) is 6. The molecule has 0 atom stereocenters. The predicted octanol–water partition coefficient (Wildman–Crippen LogP) is 0.0177. The molecule has 2 rings (SSSR count). The van der Waals surface area contributed by atoms with Crippen LogP contribution < -0.4 is 11.5 Å². The van der Waals surface area contributed by atoms with Gasteiger partial charge in [-0.1, -0.05) is 5.16 Å². The Kier molecular flexibility index (Phi) is 3.15. The van der Waals surface area contributed by atoms with Gasteiger partial charge >= 0.3 is 5.76 Å². The van der Waals surface area contributed by atoms with Gasteiger partial charge in [-0.3, -0.25) is 14.3 Å². The minimum atomic E-state index is -0.708. The summed E-state index contributed by atoms with van der Waals surface area (Å²) >= 11 is 1.81. The Morgan fingerprint density at radius 2 is 2.25 bits per heavy atom. The van der Waals surface area contributed by atoms with E-state index in [4.69, 9.17) is 5.73 Å². The van der Waals surface area contributed by atoms with E-state index in [-0.39, 0.29) is 18.2 Å². The summed E-state index contributed by atoms with van der Waals surface area (Å²) < 4.78 is 4.34. The van der Waals surface area contributed by atoms with Crippen LogP contribution in [0.5, 0.6) is 0 Å². The lowest BCUT2D eigenvalue weighted by Gasteiger charge is -2.33. The summed E-state index contributed by atoms with van der Waals surface area (Å²) in [6.07, 6.45) is 1.45. The number of nitrogens with zero attached hydrogens (tertiary/aromatic N) is 1. The number of ketones is 1. The van der Waals surface area contributed by atoms with Gasteiger partial charge in [0.1, 0.15) is 0 Å². The third kappa shape index (κ3) is 1.92. The zero-order valence-electron chi connectivity index (χ0n) is 8.69. The van der Waals surface area contributed by atoms with Crippen LogP contribution in [0.2, 0.25) is 0 Å².